The van der Waals surface area contributed by atoms with Crippen molar-refractivity contribution in [2.45, 2.75) is 39.0 Å². The molecule has 1 unspecified atom stereocenters. The number of nitriles is 1. The number of nitrogens with zero attached hydrogens (tertiary/aromatic N) is 4. The summed E-state index contributed by atoms with van der Waals surface area (Å²) in [5.41, 5.74) is 1.50. The summed E-state index contributed by atoms with van der Waals surface area (Å²) in [4.78, 5) is 21.5. The highest BCUT2D eigenvalue weighted by Crippen LogP contribution is 2.26. The van der Waals surface area contributed by atoms with Crippen molar-refractivity contribution < 1.29 is 4.79 Å². The molecule has 0 spiro atoms. The lowest BCUT2D eigenvalue weighted by atomic mass is 9.95. The molecule has 0 aromatic carbocycles. The molecular formula is C18H24N4O. The van der Waals surface area contributed by atoms with E-state index in [0.717, 1.165) is 56.8 Å². The zero-order valence-electron chi connectivity index (χ0n) is 13.8. The Kier molecular flexibility index (Phi) is 4.80. The Balaban J connectivity index is 1.74. The van der Waals surface area contributed by atoms with Crippen molar-refractivity contribution >= 4 is 11.7 Å². The topological polar surface area (TPSA) is 60.2 Å². The number of carbonyl (C=O) groups is 1. The number of hydrogen-bond acceptors (Lipinski definition) is 4. The molecule has 2 saturated heterocycles. The molecule has 0 aliphatic carbocycles. The maximum absolute atomic E-state index is 12.8. The second kappa shape index (κ2) is 6.99. The van der Waals surface area contributed by atoms with Crippen LogP contribution in [-0.2, 0) is 4.79 Å². The fourth-order valence-corrected chi connectivity index (χ4v) is 3.61. The molecule has 1 aromatic heterocycles. The Morgan fingerprint density at radius 1 is 1.22 bits per heavy atom. The number of piperidine rings is 2. The first-order chi connectivity index (χ1) is 11.2. The number of amides is 1. The van der Waals surface area contributed by atoms with Gasteiger partial charge in [-0.25, -0.2) is 4.98 Å². The third-order valence-corrected chi connectivity index (χ3v) is 4.87. The summed E-state index contributed by atoms with van der Waals surface area (Å²) in [6, 6.07) is 5.92. The van der Waals surface area contributed by atoms with E-state index in [9.17, 15) is 10.1 Å². The van der Waals surface area contributed by atoms with Crippen LogP contribution in [-0.4, -0.2) is 42.0 Å². The van der Waals surface area contributed by atoms with E-state index in [0.29, 0.717) is 18.0 Å². The fourth-order valence-electron chi connectivity index (χ4n) is 3.61. The Morgan fingerprint density at radius 3 is 2.74 bits per heavy atom. The van der Waals surface area contributed by atoms with Gasteiger partial charge in [0.15, 0.2) is 0 Å². The highest BCUT2D eigenvalue weighted by Gasteiger charge is 2.31. The molecular weight excluding hydrogens is 288 g/mol. The summed E-state index contributed by atoms with van der Waals surface area (Å²) in [7, 11) is 0. The summed E-state index contributed by atoms with van der Waals surface area (Å²) in [5, 5.41) is 9.33. The van der Waals surface area contributed by atoms with Gasteiger partial charge in [0.2, 0.25) is 5.91 Å². The first-order valence-corrected chi connectivity index (χ1v) is 8.60. The summed E-state index contributed by atoms with van der Waals surface area (Å²) in [6.45, 7) is 5.29. The molecule has 1 amide bonds. The average Bonchev–Trinajstić information content (AvgIpc) is 2.62. The monoisotopic (exact) mass is 312 g/mol. The van der Waals surface area contributed by atoms with E-state index in [4.69, 9.17) is 0 Å². The quantitative estimate of drug-likeness (QED) is 0.842. The number of likely N-dealkylation sites (tertiary alicyclic amines) is 1. The van der Waals surface area contributed by atoms with Crippen LogP contribution in [0.1, 0.15) is 43.4 Å². The molecule has 0 bridgehead atoms. The summed E-state index contributed by atoms with van der Waals surface area (Å²) in [6.07, 6.45) is 5.41. The van der Waals surface area contributed by atoms with E-state index >= 15 is 0 Å². The number of aromatic nitrogens is 1. The second-order valence-corrected chi connectivity index (χ2v) is 6.61. The SMILES string of the molecule is Cc1ccc(C#N)c(N2CCCC(C(=O)N3CCCCC3)C2)n1. The molecule has 0 radical (unpaired) electrons. The zero-order chi connectivity index (χ0) is 16.2. The molecule has 23 heavy (non-hydrogen) atoms. The molecule has 0 saturated carbocycles. The third-order valence-electron chi connectivity index (χ3n) is 4.87. The number of hydrogen-bond donors (Lipinski definition) is 0. The first-order valence-electron chi connectivity index (χ1n) is 8.60. The Morgan fingerprint density at radius 2 is 2.00 bits per heavy atom. The van der Waals surface area contributed by atoms with Gasteiger partial charge in [0.05, 0.1) is 11.5 Å². The zero-order valence-corrected chi connectivity index (χ0v) is 13.8. The number of aryl methyl sites for hydroxylation is 1. The van der Waals surface area contributed by atoms with E-state index in [1.807, 2.05) is 24.0 Å². The van der Waals surface area contributed by atoms with Gasteiger partial charge in [0.25, 0.3) is 0 Å². The van der Waals surface area contributed by atoms with Crippen molar-refractivity contribution in [1.29, 1.82) is 5.26 Å². The van der Waals surface area contributed by atoms with Crippen LogP contribution in [0.4, 0.5) is 5.82 Å². The number of anilines is 1. The van der Waals surface area contributed by atoms with Crippen LogP contribution in [0.2, 0.25) is 0 Å². The minimum Gasteiger partial charge on any atom is -0.355 e. The molecule has 5 nitrogen and oxygen atoms in total. The molecule has 122 valence electrons. The fraction of sp³-hybridized carbons (Fsp3) is 0.611. The highest BCUT2D eigenvalue weighted by molar-refractivity contribution is 5.80. The predicted octanol–water partition coefficient (Wildman–Crippen LogP) is 2.49. The van der Waals surface area contributed by atoms with Crippen LogP contribution in [0.25, 0.3) is 0 Å². The van der Waals surface area contributed by atoms with E-state index in [-0.39, 0.29) is 5.92 Å². The Labute approximate surface area is 137 Å². The van der Waals surface area contributed by atoms with Crippen LogP contribution >= 0.6 is 0 Å². The highest BCUT2D eigenvalue weighted by atomic mass is 16.2. The predicted molar refractivity (Wildman–Crippen MR) is 89.1 cm³/mol. The van der Waals surface area contributed by atoms with Gasteiger partial charge < -0.3 is 9.80 Å². The number of rotatable bonds is 2. The van der Waals surface area contributed by atoms with Crippen molar-refractivity contribution in [1.82, 2.24) is 9.88 Å². The lowest BCUT2D eigenvalue weighted by molar-refractivity contribution is -0.136. The summed E-state index contributed by atoms with van der Waals surface area (Å²) >= 11 is 0. The van der Waals surface area contributed by atoms with Crippen LogP contribution in [0.5, 0.6) is 0 Å². The minimum atomic E-state index is 0.0377. The van der Waals surface area contributed by atoms with Crippen LogP contribution in [0, 0.1) is 24.2 Å². The van der Waals surface area contributed by atoms with Crippen LogP contribution in [0.3, 0.4) is 0 Å². The molecule has 3 heterocycles. The Bertz CT molecular complexity index is 616. The smallest absolute Gasteiger partial charge is 0.227 e. The van der Waals surface area contributed by atoms with Crippen molar-refractivity contribution in [3.63, 3.8) is 0 Å². The Hall–Kier alpha value is -2.09. The largest absolute Gasteiger partial charge is 0.355 e. The number of carbonyl (C=O) groups excluding carboxylic acids is 1. The van der Waals surface area contributed by atoms with Crippen LogP contribution < -0.4 is 4.90 Å². The normalized spacial score (nSPS) is 21.8. The summed E-state index contributed by atoms with van der Waals surface area (Å²) < 4.78 is 0. The van der Waals surface area contributed by atoms with Crippen molar-refractivity contribution in [3.05, 3.63) is 23.4 Å². The van der Waals surface area contributed by atoms with E-state index < -0.39 is 0 Å². The number of pyridine rings is 1. The lowest BCUT2D eigenvalue weighted by Crippen LogP contribution is -2.46. The maximum Gasteiger partial charge on any atom is 0.227 e. The van der Waals surface area contributed by atoms with Crippen molar-refractivity contribution in [2.24, 2.45) is 5.92 Å². The van der Waals surface area contributed by atoms with Gasteiger partial charge in [-0.1, -0.05) is 0 Å². The van der Waals surface area contributed by atoms with Crippen molar-refractivity contribution in [3.8, 4) is 6.07 Å². The van der Waals surface area contributed by atoms with Gasteiger partial charge in [-0.3, -0.25) is 4.79 Å². The van der Waals surface area contributed by atoms with Gasteiger partial charge in [0, 0.05) is 31.9 Å². The van der Waals surface area contributed by atoms with Gasteiger partial charge >= 0.3 is 0 Å². The van der Waals surface area contributed by atoms with Gasteiger partial charge in [-0.15, -0.1) is 0 Å². The summed E-state index contributed by atoms with van der Waals surface area (Å²) in [5.74, 6) is 1.07. The second-order valence-electron chi connectivity index (χ2n) is 6.61. The molecule has 0 N–H and O–H groups in total. The maximum atomic E-state index is 12.8. The van der Waals surface area contributed by atoms with Gasteiger partial charge in [-0.2, -0.15) is 5.26 Å². The molecule has 1 aromatic rings. The lowest BCUT2D eigenvalue weighted by Gasteiger charge is -2.37. The molecule has 2 aliphatic rings. The van der Waals surface area contributed by atoms with E-state index in [1.165, 1.54) is 6.42 Å². The molecule has 1 atom stereocenters. The van der Waals surface area contributed by atoms with Gasteiger partial charge in [0.1, 0.15) is 11.9 Å². The van der Waals surface area contributed by atoms with E-state index in [1.54, 1.807) is 0 Å². The van der Waals surface area contributed by atoms with Crippen LogP contribution in [0.15, 0.2) is 12.1 Å². The third kappa shape index (κ3) is 3.47. The molecule has 2 fully saturated rings. The molecule has 2 aliphatic heterocycles. The minimum absolute atomic E-state index is 0.0377. The molecule has 5 heteroatoms. The standard InChI is InChI=1S/C18H24N4O/c1-14-7-8-15(12-19)17(20-14)22-11-5-6-16(13-22)18(23)21-9-3-2-4-10-21/h7-8,16H,2-6,9-11,13H2,1H3. The first kappa shape index (κ1) is 15.8. The molecule has 3 rings (SSSR count). The average molecular weight is 312 g/mol. The van der Waals surface area contributed by atoms with Crippen molar-refractivity contribution in [2.75, 3.05) is 31.1 Å². The van der Waals surface area contributed by atoms with Gasteiger partial charge in [-0.05, 0) is 51.2 Å². The van der Waals surface area contributed by atoms with E-state index in [2.05, 4.69) is 16.0 Å².